The zero-order valence-electron chi connectivity index (χ0n) is 12.4. The van der Waals surface area contributed by atoms with Gasteiger partial charge in [0, 0.05) is 24.6 Å². The summed E-state index contributed by atoms with van der Waals surface area (Å²) in [7, 11) is 0. The van der Waals surface area contributed by atoms with E-state index in [2.05, 4.69) is 10.2 Å². The van der Waals surface area contributed by atoms with Gasteiger partial charge < -0.3 is 15.8 Å². The molecule has 6 heteroatoms. The molecule has 2 rings (SSSR count). The summed E-state index contributed by atoms with van der Waals surface area (Å²) >= 11 is 1.67. The largest absolute Gasteiger partial charge is 0.378 e. The van der Waals surface area contributed by atoms with Crippen LogP contribution in [0.2, 0.25) is 0 Å². The number of rotatable bonds is 8. The fraction of sp³-hybridized carbons (Fsp3) is 0.667. The Morgan fingerprint density at radius 2 is 2.29 bits per heavy atom. The van der Waals surface area contributed by atoms with E-state index in [1.54, 1.807) is 11.3 Å². The number of hydrogen-bond acceptors (Lipinski definition) is 5. The molecule has 2 heterocycles. The van der Waals surface area contributed by atoms with Gasteiger partial charge in [0.15, 0.2) is 0 Å². The third kappa shape index (κ3) is 6.13. The number of nitrogens with zero attached hydrogens (tertiary/aromatic N) is 1. The molecule has 1 saturated heterocycles. The number of carbonyl (C=O) groups excluding carboxylic acids is 1. The summed E-state index contributed by atoms with van der Waals surface area (Å²) in [5.41, 5.74) is 5.45. The van der Waals surface area contributed by atoms with Crippen molar-refractivity contribution in [1.29, 1.82) is 0 Å². The second-order valence-electron chi connectivity index (χ2n) is 5.34. The number of thiophene rings is 1. The lowest BCUT2D eigenvalue weighted by Gasteiger charge is -2.31. The van der Waals surface area contributed by atoms with Gasteiger partial charge in [-0.05, 0) is 37.3 Å². The Bertz CT molecular complexity index is 403. The number of ether oxygens (including phenoxy) is 1. The van der Waals surface area contributed by atoms with Crippen LogP contribution in [0.3, 0.4) is 0 Å². The van der Waals surface area contributed by atoms with Crippen LogP contribution in [0.4, 0.5) is 0 Å². The van der Waals surface area contributed by atoms with Gasteiger partial charge in [-0.15, -0.1) is 11.3 Å². The zero-order valence-corrected chi connectivity index (χ0v) is 13.2. The molecule has 1 aromatic rings. The second kappa shape index (κ2) is 9.15. The first-order chi connectivity index (χ1) is 10.3. The Morgan fingerprint density at radius 1 is 1.48 bits per heavy atom. The van der Waals surface area contributed by atoms with E-state index < -0.39 is 0 Å². The third-order valence-electron chi connectivity index (χ3n) is 3.64. The minimum atomic E-state index is 0.103. The highest BCUT2D eigenvalue weighted by Gasteiger charge is 2.20. The van der Waals surface area contributed by atoms with Gasteiger partial charge >= 0.3 is 0 Å². The molecular weight excluding hydrogens is 286 g/mol. The Hall–Kier alpha value is -0.950. The molecule has 1 fully saturated rings. The third-order valence-corrected chi connectivity index (χ3v) is 4.52. The van der Waals surface area contributed by atoms with Crippen LogP contribution in [-0.2, 0) is 16.1 Å². The van der Waals surface area contributed by atoms with Crippen LogP contribution in [0.25, 0.3) is 0 Å². The molecule has 21 heavy (non-hydrogen) atoms. The van der Waals surface area contributed by atoms with Gasteiger partial charge in [0.25, 0.3) is 0 Å². The summed E-state index contributed by atoms with van der Waals surface area (Å²) < 4.78 is 5.77. The number of nitrogens with two attached hydrogens (primary N) is 1. The van der Waals surface area contributed by atoms with Crippen molar-refractivity contribution < 1.29 is 9.53 Å². The second-order valence-corrected chi connectivity index (χ2v) is 6.38. The van der Waals surface area contributed by atoms with Crippen LogP contribution < -0.4 is 11.1 Å². The fourth-order valence-electron chi connectivity index (χ4n) is 2.43. The topological polar surface area (TPSA) is 67.6 Å². The van der Waals surface area contributed by atoms with E-state index in [4.69, 9.17) is 10.5 Å². The maximum absolute atomic E-state index is 11.9. The van der Waals surface area contributed by atoms with Crippen molar-refractivity contribution in [3.05, 3.63) is 22.4 Å². The van der Waals surface area contributed by atoms with Crippen LogP contribution in [0.5, 0.6) is 0 Å². The molecule has 0 atom stereocenters. The smallest absolute Gasteiger partial charge is 0.234 e. The van der Waals surface area contributed by atoms with Gasteiger partial charge in [-0.2, -0.15) is 0 Å². The van der Waals surface area contributed by atoms with E-state index in [9.17, 15) is 4.79 Å². The molecular formula is C15H25N3O2S. The first-order valence-electron chi connectivity index (χ1n) is 7.61. The quantitative estimate of drug-likeness (QED) is 0.708. The number of carbonyl (C=O) groups is 1. The summed E-state index contributed by atoms with van der Waals surface area (Å²) in [5.74, 6) is 0.103. The molecule has 0 spiro atoms. The van der Waals surface area contributed by atoms with Crippen molar-refractivity contribution in [3.8, 4) is 0 Å². The van der Waals surface area contributed by atoms with E-state index in [0.29, 0.717) is 25.7 Å². The maximum atomic E-state index is 11.9. The van der Waals surface area contributed by atoms with E-state index in [-0.39, 0.29) is 5.91 Å². The summed E-state index contributed by atoms with van der Waals surface area (Å²) in [6.45, 7) is 4.42. The lowest BCUT2D eigenvalue weighted by Crippen LogP contribution is -2.43. The molecule has 3 N–H and O–H groups in total. The van der Waals surface area contributed by atoms with Gasteiger partial charge in [-0.3, -0.25) is 9.69 Å². The van der Waals surface area contributed by atoms with Crippen molar-refractivity contribution in [3.63, 3.8) is 0 Å². The summed E-state index contributed by atoms with van der Waals surface area (Å²) in [6, 6.07) is 4.04. The SMILES string of the molecule is NCCCOC1CCN(CC(=O)NCc2cccs2)CC1. The van der Waals surface area contributed by atoms with Crippen molar-refractivity contribution >= 4 is 17.2 Å². The number of hydrogen-bond donors (Lipinski definition) is 2. The molecule has 0 unspecified atom stereocenters. The summed E-state index contributed by atoms with van der Waals surface area (Å²) in [5, 5.41) is 4.99. The molecule has 1 aliphatic heterocycles. The Kier molecular flexibility index (Phi) is 7.15. The molecule has 5 nitrogen and oxygen atoms in total. The lowest BCUT2D eigenvalue weighted by atomic mass is 10.1. The lowest BCUT2D eigenvalue weighted by molar-refractivity contribution is -0.123. The first-order valence-corrected chi connectivity index (χ1v) is 8.49. The predicted octanol–water partition coefficient (Wildman–Crippen LogP) is 1.19. The van der Waals surface area contributed by atoms with Crippen molar-refractivity contribution in [2.24, 2.45) is 5.73 Å². The van der Waals surface area contributed by atoms with Crippen LogP contribution in [-0.4, -0.2) is 49.7 Å². The van der Waals surface area contributed by atoms with E-state index in [1.807, 2.05) is 17.5 Å². The fourth-order valence-corrected chi connectivity index (χ4v) is 3.07. The van der Waals surface area contributed by atoms with Crippen molar-refractivity contribution in [2.75, 3.05) is 32.8 Å². The number of nitrogens with one attached hydrogen (secondary N) is 1. The highest BCUT2D eigenvalue weighted by molar-refractivity contribution is 7.09. The molecule has 1 aromatic heterocycles. The average molecular weight is 311 g/mol. The van der Waals surface area contributed by atoms with Crippen molar-refractivity contribution in [2.45, 2.75) is 31.9 Å². The molecule has 0 aliphatic carbocycles. The predicted molar refractivity (Wildman–Crippen MR) is 85.3 cm³/mol. The van der Waals surface area contributed by atoms with E-state index in [1.165, 1.54) is 4.88 Å². The van der Waals surface area contributed by atoms with Gasteiger partial charge in [0.2, 0.25) is 5.91 Å². The molecule has 0 bridgehead atoms. The van der Waals surface area contributed by atoms with Crippen LogP contribution in [0, 0.1) is 0 Å². The highest BCUT2D eigenvalue weighted by Crippen LogP contribution is 2.13. The Morgan fingerprint density at radius 3 is 2.95 bits per heavy atom. The highest BCUT2D eigenvalue weighted by atomic mass is 32.1. The molecule has 0 aromatic carbocycles. The van der Waals surface area contributed by atoms with Crippen molar-refractivity contribution in [1.82, 2.24) is 10.2 Å². The molecule has 1 aliphatic rings. The van der Waals surface area contributed by atoms with Crippen LogP contribution >= 0.6 is 11.3 Å². The maximum Gasteiger partial charge on any atom is 0.234 e. The normalized spacial score (nSPS) is 17.0. The van der Waals surface area contributed by atoms with Gasteiger partial charge in [0.1, 0.15) is 0 Å². The van der Waals surface area contributed by atoms with E-state index in [0.717, 1.165) is 39.0 Å². The van der Waals surface area contributed by atoms with E-state index >= 15 is 0 Å². The number of piperidine rings is 1. The zero-order chi connectivity index (χ0) is 14.9. The molecule has 0 radical (unpaired) electrons. The van der Waals surface area contributed by atoms with Gasteiger partial charge in [0.05, 0.1) is 19.2 Å². The first kappa shape index (κ1) is 16.4. The van der Waals surface area contributed by atoms with Gasteiger partial charge in [-0.1, -0.05) is 6.07 Å². The molecule has 118 valence electrons. The average Bonchev–Trinajstić information content (AvgIpc) is 3.01. The standard InChI is InChI=1S/C15H25N3O2S/c16-6-2-9-20-13-4-7-18(8-5-13)12-15(19)17-11-14-3-1-10-21-14/h1,3,10,13H,2,4-9,11-12,16H2,(H,17,19). The monoisotopic (exact) mass is 311 g/mol. The van der Waals surface area contributed by atoms with Crippen LogP contribution in [0.1, 0.15) is 24.1 Å². The Labute approximate surface area is 130 Å². The minimum absolute atomic E-state index is 0.103. The van der Waals surface area contributed by atoms with Gasteiger partial charge in [-0.25, -0.2) is 0 Å². The minimum Gasteiger partial charge on any atom is -0.378 e. The Balaban J connectivity index is 1.58. The number of likely N-dealkylation sites (tertiary alicyclic amines) is 1. The number of amides is 1. The molecule has 0 saturated carbocycles. The molecule has 1 amide bonds. The van der Waals surface area contributed by atoms with Crippen LogP contribution in [0.15, 0.2) is 17.5 Å². The summed E-state index contributed by atoms with van der Waals surface area (Å²) in [4.78, 5) is 15.3. The summed E-state index contributed by atoms with van der Waals surface area (Å²) in [6.07, 6.45) is 3.26.